The summed E-state index contributed by atoms with van der Waals surface area (Å²) in [6.07, 6.45) is -0.570. The number of oxime groups is 1. The number of nitrogens with zero attached hydrogens (tertiary/aromatic N) is 3. The first kappa shape index (κ1) is 17.9. The summed E-state index contributed by atoms with van der Waals surface area (Å²) in [6, 6.07) is 0. The van der Waals surface area contributed by atoms with Crippen LogP contribution in [0.2, 0.25) is 0 Å². The van der Waals surface area contributed by atoms with Crippen LogP contribution in [0.15, 0.2) is 15.5 Å². The third kappa shape index (κ3) is 4.98. The van der Waals surface area contributed by atoms with E-state index in [4.69, 9.17) is 25.7 Å². The summed E-state index contributed by atoms with van der Waals surface area (Å²) in [5.41, 5.74) is 3.45. The Hall–Kier alpha value is -2.18. The van der Waals surface area contributed by atoms with Gasteiger partial charge in [-0.25, -0.2) is 9.78 Å². The summed E-state index contributed by atoms with van der Waals surface area (Å²) in [4.78, 5) is 23.0. The van der Waals surface area contributed by atoms with Crippen molar-refractivity contribution in [2.75, 3.05) is 12.2 Å². The number of anilines is 1. The SMILES string of the molecule is CC(C)(O/N=C(/C([O-])=NCB(O)O)c1csc(N)n1)C(=O)O. The number of carbonyl (C=O) groups is 1. The Morgan fingerprint density at radius 2 is 2.23 bits per heavy atom. The van der Waals surface area contributed by atoms with Gasteiger partial charge in [-0.2, -0.15) is 0 Å². The van der Waals surface area contributed by atoms with Gasteiger partial charge in [0.1, 0.15) is 11.4 Å². The zero-order chi connectivity index (χ0) is 16.9. The Morgan fingerprint density at radius 3 is 2.68 bits per heavy atom. The number of aliphatic carboxylic acids is 1. The van der Waals surface area contributed by atoms with Gasteiger partial charge in [0.15, 0.2) is 5.13 Å². The smallest absolute Gasteiger partial charge is 0.474 e. The molecule has 0 bridgehead atoms. The van der Waals surface area contributed by atoms with Gasteiger partial charge < -0.3 is 35.8 Å². The minimum absolute atomic E-state index is 0.0462. The van der Waals surface area contributed by atoms with Crippen molar-refractivity contribution < 1.29 is 29.9 Å². The standard InChI is InChI=1S/C10H15BN4O6S/c1-10(2,8(17)18)21-15-6(5-3-22-9(12)14-5)7(16)13-4-11(19)20/h3,19-20H,4H2,1-2H3,(H2,12,14)(H,13,16)(H,17,18)/p-1/b15-6+. The van der Waals surface area contributed by atoms with Crippen LogP contribution in [-0.2, 0) is 9.63 Å². The molecule has 0 aliphatic heterocycles. The summed E-state index contributed by atoms with van der Waals surface area (Å²) >= 11 is 1.04. The van der Waals surface area contributed by atoms with E-state index in [2.05, 4.69) is 15.1 Å². The van der Waals surface area contributed by atoms with Crippen LogP contribution in [0.4, 0.5) is 5.13 Å². The highest BCUT2D eigenvalue weighted by atomic mass is 32.1. The van der Waals surface area contributed by atoms with E-state index in [1.54, 1.807) is 0 Å². The minimum Gasteiger partial charge on any atom is -0.857 e. The van der Waals surface area contributed by atoms with Crippen molar-refractivity contribution in [1.82, 2.24) is 4.98 Å². The van der Waals surface area contributed by atoms with Gasteiger partial charge in [-0.05, 0) is 13.8 Å². The fourth-order valence-corrected chi connectivity index (χ4v) is 1.58. The van der Waals surface area contributed by atoms with E-state index >= 15 is 0 Å². The number of rotatable bonds is 7. The van der Waals surface area contributed by atoms with E-state index in [1.807, 2.05) is 0 Å². The molecule has 0 fully saturated rings. The van der Waals surface area contributed by atoms with Crippen LogP contribution in [0.3, 0.4) is 0 Å². The first-order valence-electron chi connectivity index (χ1n) is 5.92. The Morgan fingerprint density at radius 1 is 1.59 bits per heavy atom. The van der Waals surface area contributed by atoms with Crippen LogP contribution in [0.1, 0.15) is 19.5 Å². The summed E-state index contributed by atoms with van der Waals surface area (Å²) in [5, 5.41) is 43.4. The van der Waals surface area contributed by atoms with Gasteiger partial charge in [-0.15, -0.1) is 11.3 Å². The highest BCUT2D eigenvalue weighted by molar-refractivity contribution is 7.13. The zero-order valence-electron chi connectivity index (χ0n) is 11.8. The predicted molar refractivity (Wildman–Crippen MR) is 78.4 cm³/mol. The van der Waals surface area contributed by atoms with Crippen LogP contribution in [-0.4, -0.2) is 56.9 Å². The molecule has 5 N–H and O–H groups in total. The molecule has 120 valence electrons. The maximum absolute atomic E-state index is 11.9. The maximum atomic E-state index is 11.9. The summed E-state index contributed by atoms with van der Waals surface area (Å²) in [6.45, 7) is 2.48. The first-order valence-corrected chi connectivity index (χ1v) is 6.80. The summed E-state index contributed by atoms with van der Waals surface area (Å²) < 4.78 is 0. The lowest BCUT2D eigenvalue weighted by Crippen LogP contribution is -2.36. The fourth-order valence-electron chi connectivity index (χ4n) is 1.03. The quantitative estimate of drug-likeness (QED) is 0.194. The Balaban J connectivity index is 3.12. The minimum atomic E-state index is -1.80. The molecule has 0 radical (unpaired) electrons. The average molecular weight is 329 g/mol. The lowest BCUT2D eigenvalue weighted by Gasteiger charge is -2.19. The number of aromatic nitrogens is 1. The Labute approximate surface area is 129 Å². The zero-order valence-corrected chi connectivity index (χ0v) is 12.6. The molecule has 0 aromatic carbocycles. The van der Waals surface area contributed by atoms with Crippen LogP contribution >= 0.6 is 11.3 Å². The molecule has 10 nitrogen and oxygen atoms in total. The highest BCUT2D eigenvalue weighted by Gasteiger charge is 2.30. The van der Waals surface area contributed by atoms with Gasteiger partial charge in [-0.3, -0.25) is 0 Å². The molecule has 1 aromatic rings. The average Bonchev–Trinajstić information content (AvgIpc) is 2.82. The monoisotopic (exact) mass is 329 g/mol. The molecule has 0 aliphatic carbocycles. The normalized spacial score (nSPS) is 13.1. The number of aliphatic imine (C=N–C) groups is 1. The molecule has 0 saturated carbocycles. The molecular formula is C10H14BN4O6S-. The Kier molecular flexibility index (Phi) is 5.85. The summed E-state index contributed by atoms with van der Waals surface area (Å²) in [5.74, 6) is -2.23. The van der Waals surface area contributed by atoms with E-state index in [1.165, 1.54) is 19.2 Å². The fraction of sp³-hybridized carbons (Fsp3) is 0.400. The van der Waals surface area contributed by atoms with Crippen molar-refractivity contribution in [2.24, 2.45) is 10.1 Å². The number of carboxylic acid groups (broad SMARTS) is 1. The molecule has 1 heterocycles. The van der Waals surface area contributed by atoms with Crippen LogP contribution in [0, 0.1) is 0 Å². The predicted octanol–water partition coefficient (Wildman–Crippen LogP) is -1.92. The molecule has 1 aromatic heterocycles. The van der Waals surface area contributed by atoms with Crippen LogP contribution < -0.4 is 10.8 Å². The molecule has 12 heteroatoms. The number of thiazole rings is 1. The van der Waals surface area contributed by atoms with E-state index in [0.717, 1.165) is 11.3 Å². The third-order valence-electron chi connectivity index (χ3n) is 2.25. The molecule has 0 saturated heterocycles. The van der Waals surface area contributed by atoms with Crippen molar-refractivity contribution >= 4 is 41.2 Å². The van der Waals surface area contributed by atoms with Crippen molar-refractivity contribution in [3.63, 3.8) is 0 Å². The number of nitrogen functional groups attached to an aromatic ring is 1. The van der Waals surface area contributed by atoms with Gasteiger partial charge in [0, 0.05) is 11.3 Å². The van der Waals surface area contributed by atoms with E-state index in [-0.39, 0.29) is 16.5 Å². The third-order valence-corrected chi connectivity index (χ3v) is 2.92. The maximum Gasteiger partial charge on any atom is 0.474 e. The molecule has 22 heavy (non-hydrogen) atoms. The molecule has 0 unspecified atom stereocenters. The van der Waals surface area contributed by atoms with Gasteiger partial charge >= 0.3 is 13.1 Å². The number of hydrogen-bond donors (Lipinski definition) is 4. The van der Waals surface area contributed by atoms with Gasteiger partial charge in [0.2, 0.25) is 5.60 Å². The summed E-state index contributed by atoms with van der Waals surface area (Å²) in [7, 11) is -1.80. The molecule has 0 aliphatic rings. The molecule has 0 atom stereocenters. The van der Waals surface area contributed by atoms with Crippen LogP contribution in [0.25, 0.3) is 0 Å². The lowest BCUT2D eigenvalue weighted by molar-refractivity contribution is -0.209. The van der Waals surface area contributed by atoms with Crippen molar-refractivity contribution in [1.29, 1.82) is 0 Å². The molecule has 0 amide bonds. The largest absolute Gasteiger partial charge is 0.857 e. The number of carboxylic acids is 1. The van der Waals surface area contributed by atoms with Crippen molar-refractivity contribution in [2.45, 2.75) is 19.4 Å². The van der Waals surface area contributed by atoms with Crippen LogP contribution in [0.5, 0.6) is 0 Å². The lowest BCUT2D eigenvalue weighted by atomic mass is 9.93. The number of nitrogens with two attached hydrogens (primary N) is 1. The highest BCUT2D eigenvalue weighted by Crippen LogP contribution is 2.15. The van der Waals surface area contributed by atoms with E-state index in [9.17, 15) is 9.90 Å². The second kappa shape index (κ2) is 7.20. The first-order chi connectivity index (χ1) is 10.1. The Bertz CT molecular complexity index is 600. The van der Waals surface area contributed by atoms with Gasteiger partial charge in [0.05, 0.1) is 6.44 Å². The molecular weight excluding hydrogens is 315 g/mol. The van der Waals surface area contributed by atoms with Gasteiger partial charge in [0.25, 0.3) is 0 Å². The second-order valence-corrected chi connectivity index (χ2v) is 5.43. The van der Waals surface area contributed by atoms with Gasteiger partial charge in [-0.1, -0.05) is 5.16 Å². The topological polar surface area (TPSA) is 174 Å². The van der Waals surface area contributed by atoms with Crippen molar-refractivity contribution in [3.05, 3.63) is 11.1 Å². The van der Waals surface area contributed by atoms with E-state index < -0.39 is 31.0 Å². The van der Waals surface area contributed by atoms with E-state index in [0.29, 0.717) is 0 Å². The molecule has 0 spiro atoms. The molecule has 1 rings (SSSR count). The second-order valence-electron chi connectivity index (χ2n) is 4.54. The van der Waals surface area contributed by atoms with Crippen molar-refractivity contribution in [3.8, 4) is 0 Å². The number of hydrogen-bond acceptors (Lipinski definition) is 10.